The van der Waals surface area contributed by atoms with Crippen LogP contribution in [0.2, 0.25) is 0 Å². The molecule has 0 bridgehead atoms. The minimum Gasteiger partial charge on any atom is -0.504 e. The molecule has 0 radical (unpaired) electrons. The maximum atomic E-state index is 9.54. The highest BCUT2D eigenvalue weighted by Crippen LogP contribution is 2.26. The first-order valence-electron chi connectivity index (χ1n) is 8.27. The lowest BCUT2D eigenvalue weighted by Gasteiger charge is -2.09. The molecule has 0 saturated carbocycles. The summed E-state index contributed by atoms with van der Waals surface area (Å²) in [5.41, 5.74) is 2.38. The molecule has 0 fully saturated rings. The van der Waals surface area contributed by atoms with Gasteiger partial charge in [-0.1, -0.05) is 36.8 Å². The van der Waals surface area contributed by atoms with Crippen LogP contribution in [0.3, 0.4) is 0 Å². The van der Waals surface area contributed by atoms with Crippen LogP contribution in [0.25, 0.3) is 6.08 Å². The third-order valence-electron chi connectivity index (χ3n) is 3.70. The molecule has 23 heavy (non-hydrogen) atoms. The number of hydrogen-bond acceptors (Lipinski definition) is 3. The van der Waals surface area contributed by atoms with E-state index in [4.69, 9.17) is 9.47 Å². The van der Waals surface area contributed by atoms with Gasteiger partial charge in [0, 0.05) is 6.61 Å². The molecule has 0 aliphatic rings. The Morgan fingerprint density at radius 3 is 2.74 bits per heavy atom. The van der Waals surface area contributed by atoms with E-state index in [9.17, 15) is 5.11 Å². The van der Waals surface area contributed by atoms with Crippen molar-refractivity contribution in [2.75, 3.05) is 20.3 Å². The van der Waals surface area contributed by atoms with Gasteiger partial charge in [-0.15, -0.1) is 0 Å². The van der Waals surface area contributed by atoms with E-state index in [0.717, 1.165) is 25.0 Å². The maximum Gasteiger partial charge on any atom is 0.161 e. The fraction of sp³-hybridized carbons (Fsp3) is 0.500. The summed E-state index contributed by atoms with van der Waals surface area (Å²) in [5, 5.41) is 9.54. The normalized spacial score (nSPS) is 12.3. The van der Waals surface area contributed by atoms with E-state index in [0.29, 0.717) is 18.3 Å². The molecule has 1 atom stereocenters. The Morgan fingerprint density at radius 2 is 2.04 bits per heavy atom. The molecule has 1 unspecified atom stereocenters. The van der Waals surface area contributed by atoms with Crippen molar-refractivity contribution in [2.24, 2.45) is 5.92 Å². The lowest BCUT2D eigenvalue weighted by Crippen LogP contribution is -2.02. The summed E-state index contributed by atoms with van der Waals surface area (Å²) in [5.74, 6) is 1.33. The fourth-order valence-corrected chi connectivity index (χ4v) is 2.22. The molecule has 3 nitrogen and oxygen atoms in total. The summed E-state index contributed by atoms with van der Waals surface area (Å²) < 4.78 is 10.7. The molecule has 128 valence electrons. The molecule has 1 aromatic carbocycles. The van der Waals surface area contributed by atoms with Crippen molar-refractivity contribution in [3.63, 3.8) is 0 Å². The SMILES string of the molecule is COc1cc(C=CCOCCC(C)CCC=C(C)C)ccc1O. The summed E-state index contributed by atoms with van der Waals surface area (Å²) >= 11 is 0. The van der Waals surface area contributed by atoms with Gasteiger partial charge in [-0.25, -0.2) is 0 Å². The molecule has 0 aliphatic carbocycles. The molecule has 1 N–H and O–H groups in total. The van der Waals surface area contributed by atoms with Crippen molar-refractivity contribution in [3.05, 3.63) is 41.5 Å². The molecule has 1 rings (SSSR count). The van der Waals surface area contributed by atoms with Gasteiger partial charge in [0.2, 0.25) is 0 Å². The van der Waals surface area contributed by atoms with Crippen LogP contribution < -0.4 is 4.74 Å². The van der Waals surface area contributed by atoms with Crippen molar-refractivity contribution < 1.29 is 14.6 Å². The first kappa shape index (κ1) is 19.3. The number of aromatic hydroxyl groups is 1. The van der Waals surface area contributed by atoms with E-state index in [1.807, 2.05) is 18.2 Å². The van der Waals surface area contributed by atoms with Crippen LogP contribution in [0.5, 0.6) is 11.5 Å². The summed E-state index contributed by atoms with van der Waals surface area (Å²) in [6.45, 7) is 7.96. The Labute approximate surface area is 140 Å². The number of hydrogen-bond donors (Lipinski definition) is 1. The standard InChI is InChI=1S/C20H30O3/c1-16(2)7-5-8-17(3)12-14-23-13-6-9-18-10-11-19(21)20(15-18)22-4/h6-7,9-11,15,17,21H,5,8,12-14H2,1-4H3. The van der Waals surface area contributed by atoms with Crippen molar-refractivity contribution in [2.45, 2.75) is 40.0 Å². The van der Waals surface area contributed by atoms with Gasteiger partial charge in [0.05, 0.1) is 13.7 Å². The van der Waals surface area contributed by atoms with E-state index >= 15 is 0 Å². The van der Waals surface area contributed by atoms with Crippen LogP contribution in [0.4, 0.5) is 0 Å². The van der Waals surface area contributed by atoms with E-state index in [-0.39, 0.29) is 5.75 Å². The molecule has 0 heterocycles. The van der Waals surface area contributed by atoms with E-state index in [2.05, 4.69) is 26.8 Å². The van der Waals surface area contributed by atoms with Crippen LogP contribution in [-0.4, -0.2) is 25.4 Å². The van der Waals surface area contributed by atoms with Gasteiger partial charge in [-0.3, -0.25) is 0 Å². The minimum atomic E-state index is 0.156. The van der Waals surface area contributed by atoms with Gasteiger partial charge in [0.25, 0.3) is 0 Å². The highest BCUT2D eigenvalue weighted by atomic mass is 16.5. The second-order valence-electron chi connectivity index (χ2n) is 6.16. The number of rotatable bonds is 10. The monoisotopic (exact) mass is 318 g/mol. The number of methoxy groups -OCH3 is 1. The molecule has 0 aromatic heterocycles. The molecular weight excluding hydrogens is 288 g/mol. The van der Waals surface area contributed by atoms with E-state index in [1.165, 1.54) is 12.0 Å². The average molecular weight is 318 g/mol. The molecule has 0 spiro atoms. The second kappa shape index (κ2) is 10.9. The molecular formula is C20H30O3. The summed E-state index contributed by atoms with van der Waals surface area (Å²) in [4.78, 5) is 0. The van der Waals surface area contributed by atoms with Crippen LogP contribution in [0, 0.1) is 5.92 Å². The quantitative estimate of drug-likeness (QED) is 0.476. The largest absolute Gasteiger partial charge is 0.504 e. The number of phenols is 1. The van der Waals surface area contributed by atoms with Gasteiger partial charge >= 0.3 is 0 Å². The van der Waals surface area contributed by atoms with Gasteiger partial charge in [0.15, 0.2) is 11.5 Å². The molecule has 1 aromatic rings. The Bertz CT molecular complexity index is 514. The van der Waals surface area contributed by atoms with Gasteiger partial charge < -0.3 is 14.6 Å². The zero-order valence-corrected chi connectivity index (χ0v) is 14.8. The third-order valence-corrected chi connectivity index (χ3v) is 3.70. The maximum absolute atomic E-state index is 9.54. The highest BCUT2D eigenvalue weighted by Gasteiger charge is 2.01. The average Bonchev–Trinajstić information content (AvgIpc) is 2.51. The Hall–Kier alpha value is -1.74. The molecule has 0 aliphatic heterocycles. The fourth-order valence-electron chi connectivity index (χ4n) is 2.22. The first-order valence-corrected chi connectivity index (χ1v) is 8.27. The summed E-state index contributed by atoms with van der Waals surface area (Å²) in [6, 6.07) is 5.28. The Kier molecular flexibility index (Phi) is 9.15. The third kappa shape index (κ3) is 8.46. The van der Waals surface area contributed by atoms with Crippen LogP contribution >= 0.6 is 0 Å². The van der Waals surface area contributed by atoms with Crippen molar-refractivity contribution >= 4 is 6.08 Å². The smallest absolute Gasteiger partial charge is 0.161 e. The summed E-state index contributed by atoms with van der Waals surface area (Å²) in [6.07, 6.45) is 9.73. The van der Waals surface area contributed by atoms with Crippen molar-refractivity contribution in [1.82, 2.24) is 0 Å². The van der Waals surface area contributed by atoms with Crippen LogP contribution in [0.1, 0.15) is 45.6 Å². The van der Waals surface area contributed by atoms with E-state index < -0.39 is 0 Å². The van der Waals surface area contributed by atoms with Crippen molar-refractivity contribution in [3.8, 4) is 11.5 Å². The van der Waals surface area contributed by atoms with E-state index in [1.54, 1.807) is 19.2 Å². The molecule has 0 amide bonds. The van der Waals surface area contributed by atoms with Crippen LogP contribution in [-0.2, 0) is 4.74 Å². The second-order valence-corrected chi connectivity index (χ2v) is 6.16. The Morgan fingerprint density at radius 1 is 1.26 bits per heavy atom. The number of ether oxygens (including phenoxy) is 2. The lowest BCUT2D eigenvalue weighted by atomic mass is 10.0. The minimum absolute atomic E-state index is 0.156. The first-order chi connectivity index (χ1) is 11.0. The van der Waals surface area contributed by atoms with Gasteiger partial charge in [-0.05, 0) is 56.7 Å². The molecule has 0 saturated heterocycles. The lowest BCUT2D eigenvalue weighted by molar-refractivity contribution is 0.146. The van der Waals surface area contributed by atoms with Crippen molar-refractivity contribution in [1.29, 1.82) is 0 Å². The van der Waals surface area contributed by atoms with Gasteiger partial charge in [0.1, 0.15) is 0 Å². The van der Waals surface area contributed by atoms with Crippen LogP contribution in [0.15, 0.2) is 35.9 Å². The zero-order chi connectivity index (χ0) is 17.1. The number of allylic oxidation sites excluding steroid dienone is 2. The number of benzene rings is 1. The number of phenolic OH excluding ortho intramolecular Hbond substituents is 1. The topological polar surface area (TPSA) is 38.7 Å². The van der Waals surface area contributed by atoms with Gasteiger partial charge in [-0.2, -0.15) is 0 Å². The highest BCUT2D eigenvalue weighted by molar-refractivity contribution is 5.55. The summed E-state index contributed by atoms with van der Waals surface area (Å²) in [7, 11) is 1.55. The predicted octanol–water partition coefficient (Wildman–Crippen LogP) is 5.20. The zero-order valence-electron chi connectivity index (χ0n) is 14.8. The Balaban J connectivity index is 2.20. The predicted molar refractivity (Wildman–Crippen MR) is 97.0 cm³/mol. The molecule has 3 heteroatoms.